The molecule has 1 unspecified atom stereocenters. The van der Waals surface area contributed by atoms with Gasteiger partial charge in [-0.25, -0.2) is 8.42 Å². The monoisotopic (exact) mass is 292 g/mol. The lowest BCUT2D eigenvalue weighted by atomic mass is 10.1. The minimum atomic E-state index is -3.02. The highest BCUT2D eigenvalue weighted by molar-refractivity contribution is 9.10. The Hall–Kier alpha value is -0.390. The molecule has 0 spiro atoms. The quantitative estimate of drug-likeness (QED) is 0.922. The Morgan fingerprint density at radius 2 is 2.00 bits per heavy atom. The van der Waals surface area contributed by atoms with Crippen LogP contribution in [0.15, 0.2) is 28.7 Å². The van der Waals surface area contributed by atoms with E-state index in [9.17, 15) is 13.5 Å². The summed E-state index contributed by atoms with van der Waals surface area (Å²) in [6.45, 7) is 0. The zero-order chi connectivity index (χ0) is 11.5. The summed E-state index contributed by atoms with van der Waals surface area (Å²) in [5.41, 5.74) is 0.723. The van der Waals surface area contributed by atoms with E-state index in [1.54, 1.807) is 6.07 Å². The van der Waals surface area contributed by atoms with Crippen LogP contribution in [0, 0.1) is 0 Å². The highest BCUT2D eigenvalue weighted by atomic mass is 79.9. The summed E-state index contributed by atoms with van der Waals surface area (Å²) in [7, 11) is -3.02. The van der Waals surface area contributed by atoms with Crippen LogP contribution in [0.2, 0.25) is 0 Å². The van der Waals surface area contributed by atoms with Gasteiger partial charge in [0.1, 0.15) is 9.84 Å². The van der Waals surface area contributed by atoms with E-state index in [1.807, 2.05) is 18.2 Å². The molecular weight excluding hydrogens is 280 g/mol. The molecule has 0 heterocycles. The molecule has 15 heavy (non-hydrogen) atoms. The molecule has 0 bridgehead atoms. The Morgan fingerprint density at radius 3 is 2.53 bits per heavy atom. The average molecular weight is 293 g/mol. The van der Waals surface area contributed by atoms with E-state index in [-0.39, 0.29) is 12.2 Å². The molecule has 0 aliphatic heterocycles. The van der Waals surface area contributed by atoms with Crippen molar-refractivity contribution >= 4 is 25.8 Å². The molecule has 84 valence electrons. The van der Waals surface area contributed by atoms with Crippen LogP contribution in [0.4, 0.5) is 0 Å². The second-order valence-electron chi connectivity index (χ2n) is 3.46. The third kappa shape index (κ3) is 4.32. The van der Waals surface area contributed by atoms with Gasteiger partial charge >= 0.3 is 0 Å². The van der Waals surface area contributed by atoms with Crippen molar-refractivity contribution < 1.29 is 13.5 Å². The van der Waals surface area contributed by atoms with Crippen molar-refractivity contribution in [3.63, 3.8) is 0 Å². The Labute approximate surface area is 98.2 Å². The van der Waals surface area contributed by atoms with Crippen molar-refractivity contribution in [2.45, 2.75) is 12.5 Å². The molecule has 0 saturated carbocycles. The van der Waals surface area contributed by atoms with Gasteiger partial charge in [-0.3, -0.25) is 0 Å². The first kappa shape index (κ1) is 12.7. The van der Waals surface area contributed by atoms with Gasteiger partial charge in [0.2, 0.25) is 0 Å². The molecule has 0 aliphatic carbocycles. The van der Waals surface area contributed by atoms with Gasteiger partial charge in [0, 0.05) is 10.7 Å². The number of sulfone groups is 1. The SMILES string of the molecule is CS(=O)(=O)CCC(O)c1ccccc1Br. The van der Waals surface area contributed by atoms with Gasteiger partial charge < -0.3 is 5.11 Å². The molecule has 1 aromatic carbocycles. The zero-order valence-corrected chi connectivity index (χ0v) is 10.8. The second kappa shape index (κ2) is 5.09. The fraction of sp³-hybridized carbons (Fsp3) is 0.400. The summed E-state index contributed by atoms with van der Waals surface area (Å²) >= 11 is 3.31. The van der Waals surface area contributed by atoms with Crippen molar-refractivity contribution in [1.29, 1.82) is 0 Å². The first-order valence-electron chi connectivity index (χ1n) is 4.50. The van der Waals surface area contributed by atoms with Gasteiger partial charge in [-0.05, 0) is 18.1 Å². The van der Waals surface area contributed by atoms with E-state index in [2.05, 4.69) is 15.9 Å². The predicted octanol–water partition coefficient (Wildman–Crippen LogP) is 1.92. The van der Waals surface area contributed by atoms with E-state index < -0.39 is 15.9 Å². The summed E-state index contributed by atoms with van der Waals surface area (Å²) in [5, 5.41) is 9.77. The summed E-state index contributed by atoms with van der Waals surface area (Å²) in [5.74, 6) is -0.00446. The van der Waals surface area contributed by atoms with Gasteiger partial charge in [0.05, 0.1) is 11.9 Å². The molecule has 1 atom stereocenters. The largest absolute Gasteiger partial charge is 0.388 e. The third-order valence-electron chi connectivity index (χ3n) is 2.03. The average Bonchev–Trinajstić information content (AvgIpc) is 2.14. The lowest BCUT2D eigenvalue weighted by Gasteiger charge is -2.11. The smallest absolute Gasteiger partial charge is 0.147 e. The van der Waals surface area contributed by atoms with Crippen LogP contribution in [-0.4, -0.2) is 25.5 Å². The number of aliphatic hydroxyl groups is 1. The van der Waals surface area contributed by atoms with Crippen molar-refractivity contribution in [2.24, 2.45) is 0 Å². The van der Waals surface area contributed by atoms with E-state index in [0.717, 1.165) is 10.0 Å². The number of halogens is 1. The van der Waals surface area contributed by atoms with Gasteiger partial charge in [0.25, 0.3) is 0 Å². The maximum absolute atomic E-state index is 10.9. The van der Waals surface area contributed by atoms with Crippen LogP contribution < -0.4 is 0 Å². The Morgan fingerprint density at radius 1 is 1.40 bits per heavy atom. The maximum atomic E-state index is 10.9. The predicted molar refractivity (Wildman–Crippen MR) is 63.4 cm³/mol. The summed E-state index contributed by atoms with van der Waals surface area (Å²) in [4.78, 5) is 0. The second-order valence-corrected chi connectivity index (χ2v) is 6.57. The number of hydrogen-bond acceptors (Lipinski definition) is 3. The van der Waals surface area contributed by atoms with Gasteiger partial charge in [-0.2, -0.15) is 0 Å². The van der Waals surface area contributed by atoms with Crippen molar-refractivity contribution in [1.82, 2.24) is 0 Å². The lowest BCUT2D eigenvalue weighted by Crippen LogP contribution is -2.08. The molecule has 0 saturated heterocycles. The standard InChI is InChI=1S/C10H13BrO3S/c1-15(13,14)7-6-10(12)8-4-2-3-5-9(8)11/h2-5,10,12H,6-7H2,1H3. The fourth-order valence-electron chi connectivity index (χ4n) is 1.23. The number of aliphatic hydroxyl groups excluding tert-OH is 1. The molecule has 1 rings (SSSR count). The van der Waals surface area contributed by atoms with Crippen LogP contribution in [0.3, 0.4) is 0 Å². The Kier molecular flexibility index (Phi) is 4.31. The highest BCUT2D eigenvalue weighted by Crippen LogP contribution is 2.25. The number of rotatable bonds is 4. The highest BCUT2D eigenvalue weighted by Gasteiger charge is 2.13. The van der Waals surface area contributed by atoms with Crippen LogP contribution >= 0.6 is 15.9 Å². The van der Waals surface area contributed by atoms with Crippen molar-refractivity contribution in [3.05, 3.63) is 34.3 Å². The number of hydrogen-bond donors (Lipinski definition) is 1. The first-order valence-corrected chi connectivity index (χ1v) is 7.36. The molecule has 0 radical (unpaired) electrons. The molecular formula is C10H13BrO3S. The van der Waals surface area contributed by atoms with Crippen LogP contribution in [0.5, 0.6) is 0 Å². The van der Waals surface area contributed by atoms with Crippen molar-refractivity contribution in [2.75, 3.05) is 12.0 Å². The number of benzene rings is 1. The van der Waals surface area contributed by atoms with Crippen LogP contribution in [0.25, 0.3) is 0 Å². The third-order valence-corrected chi connectivity index (χ3v) is 3.73. The van der Waals surface area contributed by atoms with E-state index in [0.29, 0.717) is 0 Å². The summed E-state index contributed by atoms with van der Waals surface area (Å²) < 4.78 is 22.7. The van der Waals surface area contributed by atoms with Crippen LogP contribution in [-0.2, 0) is 9.84 Å². The maximum Gasteiger partial charge on any atom is 0.147 e. The van der Waals surface area contributed by atoms with Crippen LogP contribution in [0.1, 0.15) is 18.1 Å². The van der Waals surface area contributed by atoms with E-state index in [4.69, 9.17) is 0 Å². The van der Waals surface area contributed by atoms with E-state index in [1.165, 1.54) is 6.26 Å². The molecule has 1 aromatic rings. The first-order chi connectivity index (χ1) is 6.90. The molecule has 0 amide bonds. The molecule has 1 N–H and O–H groups in total. The molecule has 0 aromatic heterocycles. The normalized spacial score (nSPS) is 13.8. The fourth-order valence-corrected chi connectivity index (χ4v) is 2.43. The Bertz CT molecular complexity index is 428. The van der Waals surface area contributed by atoms with E-state index >= 15 is 0 Å². The summed E-state index contributed by atoms with van der Waals surface area (Å²) in [6.07, 6.45) is 0.650. The van der Waals surface area contributed by atoms with Gasteiger partial charge in [-0.1, -0.05) is 34.1 Å². The minimum absolute atomic E-state index is 0.00446. The summed E-state index contributed by atoms with van der Waals surface area (Å²) in [6, 6.07) is 7.25. The molecule has 5 heteroatoms. The molecule has 0 aliphatic rings. The van der Waals surface area contributed by atoms with Crippen molar-refractivity contribution in [3.8, 4) is 0 Å². The Balaban J connectivity index is 2.70. The minimum Gasteiger partial charge on any atom is -0.388 e. The molecule has 0 fully saturated rings. The van der Waals surface area contributed by atoms with Gasteiger partial charge in [-0.15, -0.1) is 0 Å². The molecule has 3 nitrogen and oxygen atoms in total. The topological polar surface area (TPSA) is 54.4 Å². The zero-order valence-electron chi connectivity index (χ0n) is 8.35. The van der Waals surface area contributed by atoms with Gasteiger partial charge in [0.15, 0.2) is 0 Å². The lowest BCUT2D eigenvalue weighted by molar-refractivity contribution is 0.173.